The zero-order valence-electron chi connectivity index (χ0n) is 19.8. The van der Waals surface area contributed by atoms with Gasteiger partial charge in [0.2, 0.25) is 5.82 Å². The third-order valence-corrected chi connectivity index (χ3v) is 7.05. The lowest BCUT2D eigenvalue weighted by Crippen LogP contribution is -2.48. The van der Waals surface area contributed by atoms with Crippen LogP contribution in [0.3, 0.4) is 0 Å². The van der Waals surface area contributed by atoms with Gasteiger partial charge in [0.15, 0.2) is 0 Å². The average molecular weight is 443 g/mol. The summed E-state index contributed by atoms with van der Waals surface area (Å²) >= 11 is 0. The molecule has 2 aromatic rings. The molecule has 0 amide bonds. The second-order valence-electron chi connectivity index (χ2n) is 10.2. The fourth-order valence-electron chi connectivity index (χ4n) is 5.41. The molecule has 1 aliphatic heterocycles. The highest BCUT2D eigenvalue weighted by Crippen LogP contribution is 2.34. The molecule has 1 saturated heterocycles. The van der Waals surface area contributed by atoms with Crippen LogP contribution < -0.4 is 4.90 Å². The van der Waals surface area contributed by atoms with Gasteiger partial charge in [-0.25, -0.2) is 4.39 Å². The van der Waals surface area contributed by atoms with Crippen LogP contribution in [0.5, 0.6) is 0 Å². The van der Waals surface area contributed by atoms with Crippen molar-refractivity contribution in [3.63, 3.8) is 0 Å². The maximum Gasteiger partial charge on any atom is 0.209 e. The Morgan fingerprint density at radius 3 is 2.31 bits per heavy atom. The molecule has 0 bridgehead atoms. The van der Waals surface area contributed by atoms with Crippen molar-refractivity contribution in [1.82, 2.24) is 25.5 Å². The Bertz CT molecular complexity index is 819. The van der Waals surface area contributed by atoms with Crippen molar-refractivity contribution < 1.29 is 4.39 Å². The third-order valence-electron chi connectivity index (χ3n) is 7.05. The van der Waals surface area contributed by atoms with Crippen molar-refractivity contribution in [3.05, 3.63) is 23.5 Å². The number of H-pyrrole nitrogens is 1. The third kappa shape index (κ3) is 6.06. The minimum absolute atomic E-state index is 0.257. The quantitative estimate of drug-likeness (QED) is 0.676. The number of piperazine rings is 1. The van der Waals surface area contributed by atoms with E-state index in [2.05, 4.69) is 50.3 Å². The number of nitrogens with one attached hydrogen (secondary N) is 1. The second-order valence-corrected chi connectivity index (χ2v) is 10.2. The Kier molecular flexibility index (Phi) is 8.11. The summed E-state index contributed by atoms with van der Waals surface area (Å²) in [5.41, 5.74) is 2.41. The van der Waals surface area contributed by atoms with Crippen LogP contribution in [-0.2, 0) is 6.42 Å². The largest absolute Gasteiger partial charge is 0.368 e. The first-order chi connectivity index (χ1) is 15.6. The molecule has 7 heteroatoms. The van der Waals surface area contributed by atoms with Crippen molar-refractivity contribution in [2.45, 2.75) is 71.6 Å². The van der Waals surface area contributed by atoms with Gasteiger partial charge in [-0.3, -0.25) is 4.90 Å². The monoisotopic (exact) mass is 442 g/mol. The van der Waals surface area contributed by atoms with E-state index in [-0.39, 0.29) is 5.82 Å². The molecule has 0 radical (unpaired) electrons. The Morgan fingerprint density at radius 2 is 1.69 bits per heavy atom. The molecule has 1 aliphatic carbocycles. The molecule has 32 heavy (non-hydrogen) atoms. The van der Waals surface area contributed by atoms with Crippen molar-refractivity contribution in [2.24, 2.45) is 11.8 Å². The van der Waals surface area contributed by atoms with Gasteiger partial charge in [-0.1, -0.05) is 52.4 Å². The second kappa shape index (κ2) is 11.2. The Morgan fingerprint density at radius 1 is 1.00 bits per heavy atom. The molecule has 1 aromatic heterocycles. The molecule has 2 aliphatic rings. The topological polar surface area (TPSA) is 60.9 Å². The van der Waals surface area contributed by atoms with E-state index in [1.807, 2.05) is 0 Å². The van der Waals surface area contributed by atoms with Crippen LogP contribution in [-0.4, -0.2) is 58.2 Å². The standard InChI is InChI=1S/C25H39FN6/c1-19(2)15-21-16-22(26)24(25-27-29-30-28-25)23(17-21)32-13-11-31(12-14-32)18-20-9-7-5-3-4-6-8-10-20/h16-17,19-20H,3-15,18H2,1-2H3,(H,27,28,29,30). The Labute approximate surface area is 192 Å². The highest BCUT2D eigenvalue weighted by molar-refractivity contribution is 5.75. The van der Waals surface area contributed by atoms with Gasteiger partial charge < -0.3 is 4.90 Å². The maximum absolute atomic E-state index is 15.2. The number of aromatic amines is 1. The zero-order valence-corrected chi connectivity index (χ0v) is 19.8. The predicted octanol–water partition coefficient (Wildman–Crippen LogP) is 5.08. The van der Waals surface area contributed by atoms with Gasteiger partial charge in [-0.2, -0.15) is 5.21 Å². The molecule has 2 fully saturated rings. The van der Waals surface area contributed by atoms with E-state index in [1.54, 1.807) is 6.07 Å². The van der Waals surface area contributed by atoms with E-state index in [4.69, 9.17) is 0 Å². The lowest BCUT2D eigenvalue weighted by molar-refractivity contribution is 0.204. The van der Waals surface area contributed by atoms with Crippen LogP contribution in [0.4, 0.5) is 10.1 Å². The number of rotatable bonds is 6. The van der Waals surface area contributed by atoms with E-state index in [1.165, 1.54) is 57.9 Å². The van der Waals surface area contributed by atoms with E-state index in [0.29, 0.717) is 17.3 Å². The minimum atomic E-state index is -0.257. The van der Waals surface area contributed by atoms with E-state index in [0.717, 1.165) is 49.8 Å². The molecule has 1 aromatic carbocycles. The fraction of sp³-hybridized carbons (Fsp3) is 0.720. The number of hydrogen-bond acceptors (Lipinski definition) is 5. The summed E-state index contributed by atoms with van der Waals surface area (Å²) in [6, 6.07) is 3.78. The molecule has 176 valence electrons. The summed E-state index contributed by atoms with van der Waals surface area (Å²) < 4.78 is 15.2. The maximum atomic E-state index is 15.2. The van der Waals surface area contributed by atoms with Crippen molar-refractivity contribution >= 4 is 5.69 Å². The highest BCUT2D eigenvalue weighted by atomic mass is 19.1. The normalized spacial score (nSPS) is 19.7. The summed E-state index contributed by atoms with van der Waals surface area (Å²) in [4.78, 5) is 4.94. The SMILES string of the molecule is CC(C)Cc1cc(F)c(-c2nn[nH]n2)c(N2CCN(CC3CCCCCCCC3)CC2)c1. The zero-order chi connectivity index (χ0) is 22.3. The van der Waals surface area contributed by atoms with Gasteiger partial charge in [-0.15, -0.1) is 10.2 Å². The predicted molar refractivity (Wildman–Crippen MR) is 127 cm³/mol. The summed E-state index contributed by atoms with van der Waals surface area (Å²) in [6.07, 6.45) is 12.0. The van der Waals surface area contributed by atoms with Gasteiger partial charge in [0.1, 0.15) is 5.82 Å². The van der Waals surface area contributed by atoms with Crippen LogP contribution >= 0.6 is 0 Å². The lowest BCUT2D eigenvalue weighted by Gasteiger charge is -2.38. The average Bonchev–Trinajstić information content (AvgIpc) is 3.32. The molecule has 2 heterocycles. The van der Waals surface area contributed by atoms with Gasteiger partial charge in [0.25, 0.3) is 0 Å². The molecular formula is C25H39FN6. The highest BCUT2D eigenvalue weighted by Gasteiger charge is 2.25. The van der Waals surface area contributed by atoms with Crippen molar-refractivity contribution in [3.8, 4) is 11.4 Å². The Balaban J connectivity index is 1.45. The van der Waals surface area contributed by atoms with Crippen LogP contribution in [0.2, 0.25) is 0 Å². The number of hydrogen-bond donors (Lipinski definition) is 1. The van der Waals surface area contributed by atoms with Crippen LogP contribution in [0.15, 0.2) is 12.1 Å². The summed E-state index contributed by atoms with van der Waals surface area (Å²) in [5.74, 6) is 1.39. The van der Waals surface area contributed by atoms with Crippen LogP contribution in [0.25, 0.3) is 11.4 Å². The van der Waals surface area contributed by atoms with Gasteiger partial charge >= 0.3 is 0 Å². The Hall–Kier alpha value is -2.02. The summed E-state index contributed by atoms with van der Waals surface area (Å²) in [6.45, 7) is 9.41. The fourth-order valence-corrected chi connectivity index (χ4v) is 5.41. The number of tetrazole rings is 1. The molecule has 0 atom stereocenters. The smallest absolute Gasteiger partial charge is 0.209 e. The molecule has 1 saturated carbocycles. The van der Waals surface area contributed by atoms with E-state index in [9.17, 15) is 0 Å². The first-order valence-electron chi connectivity index (χ1n) is 12.6. The summed E-state index contributed by atoms with van der Waals surface area (Å²) in [7, 11) is 0. The molecule has 0 unspecified atom stereocenters. The number of anilines is 1. The molecule has 4 rings (SSSR count). The van der Waals surface area contributed by atoms with Gasteiger partial charge in [-0.05, 0) is 54.0 Å². The number of nitrogens with zero attached hydrogens (tertiary/aromatic N) is 5. The lowest BCUT2D eigenvalue weighted by atomic mass is 9.96. The van der Waals surface area contributed by atoms with E-state index < -0.39 is 0 Å². The number of halogens is 1. The van der Waals surface area contributed by atoms with E-state index >= 15 is 4.39 Å². The number of benzene rings is 1. The molecule has 0 spiro atoms. The molecule has 1 N–H and O–H groups in total. The van der Waals surface area contributed by atoms with Gasteiger partial charge in [0.05, 0.1) is 11.3 Å². The summed E-state index contributed by atoms with van der Waals surface area (Å²) in [5, 5.41) is 14.3. The number of aromatic nitrogens is 4. The van der Waals surface area contributed by atoms with Crippen molar-refractivity contribution in [1.29, 1.82) is 0 Å². The molecular weight excluding hydrogens is 403 g/mol. The van der Waals surface area contributed by atoms with Gasteiger partial charge in [0, 0.05) is 32.7 Å². The first kappa shape index (κ1) is 23.1. The van der Waals surface area contributed by atoms with Crippen LogP contribution in [0.1, 0.15) is 70.8 Å². The first-order valence-corrected chi connectivity index (χ1v) is 12.6. The minimum Gasteiger partial charge on any atom is -0.368 e. The van der Waals surface area contributed by atoms with Crippen molar-refractivity contribution in [2.75, 3.05) is 37.6 Å². The molecule has 6 nitrogen and oxygen atoms in total. The van der Waals surface area contributed by atoms with Crippen LogP contribution in [0, 0.1) is 17.7 Å².